The third kappa shape index (κ3) is 9.82. The second kappa shape index (κ2) is 14.6. The Morgan fingerprint density at radius 3 is 2.39 bits per heavy atom. The molecule has 0 unspecified atom stereocenters. The number of ether oxygens (including phenoxy) is 1. The second-order valence-corrected chi connectivity index (χ2v) is 8.47. The van der Waals surface area contributed by atoms with E-state index in [9.17, 15) is 33.5 Å². The van der Waals surface area contributed by atoms with E-state index in [2.05, 4.69) is 15.6 Å². The number of carbonyl (C=O) groups excluding carboxylic acids is 4. The van der Waals surface area contributed by atoms with Gasteiger partial charge in [0.05, 0.1) is 42.4 Å². The summed E-state index contributed by atoms with van der Waals surface area (Å²) in [6, 6.07) is 5.71. The van der Waals surface area contributed by atoms with E-state index in [4.69, 9.17) is 4.74 Å². The van der Waals surface area contributed by atoms with E-state index >= 15 is 0 Å². The number of halogens is 1. The Labute approximate surface area is 211 Å². The molecule has 0 saturated heterocycles. The van der Waals surface area contributed by atoms with Crippen LogP contribution in [0, 0.1) is 5.82 Å². The van der Waals surface area contributed by atoms with Gasteiger partial charge in [0.25, 0.3) is 11.8 Å². The number of Topliss-reactive ketones (excluding diaryl/α,β-unsaturated/α-hetero) is 1. The fraction of sp³-hybridized carbons (Fsp3) is 0.333. The number of hydrogen-bond acceptors (Lipinski definition) is 8. The van der Waals surface area contributed by atoms with Crippen molar-refractivity contribution < 1.29 is 38.2 Å². The van der Waals surface area contributed by atoms with Gasteiger partial charge in [0.1, 0.15) is 5.82 Å². The predicted octanol–water partition coefficient (Wildman–Crippen LogP) is 1.98. The molecule has 1 heterocycles. The molecule has 192 valence electrons. The minimum atomic E-state index is -1.29. The van der Waals surface area contributed by atoms with Crippen LogP contribution in [0.1, 0.15) is 46.0 Å². The van der Waals surface area contributed by atoms with Crippen LogP contribution in [0.5, 0.6) is 0 Å². The highest BCUT2D eigenvalue weighted by Gasteiger charge is 2.24. The van der Waals surface area contributed by atoms with Gasteiger partial charge in [-0.15, -0.1) is 11.8 Å². The maximum atomic E-state index is 13.0. The number of hydrogen-bond donors (Lipinski definition) is 3. The number of carbonyl (C=O) groups is 5. The number of carboxylic acids is 1. The molecule has 1 atom stereocenters. The van der Waals surface area contributed by atoms with Crippen molar-refractivity contribution in [3.05, 3.63) is 65.2 Å². The average molecular weight is 520 g/mol. The molecule has 0 aliphatic carbocycles. The molecule has 0 saturated carbocycles. The molecule has 36 heavy (non-hydrogen) atoms. The van der Waals surface area contributed by atoms with Crippen LogP contribution in [-0.2, 0) is 24.9 Å². The number of amides is 2. The summed E-state index contributed by atoms with van der Waals surface area (Å²) in [5.74, 6) is -3.63. The highest BCUT2D eigenvalue weighted by Crippen LogP contribution is 2.14. The molecule has 10 nitrogen and oxygen atoms in total. The summed E-state index contributed by atoms with van der Waals surface area (Å²) in [7, 11) is 0. The van der Waals surface area contributed by atoms with Crippen LogP contribution in [0.3, 0.4) is 0 Å². The third-order valence-electron chi connectivity index (χ3n) is 4.68. The Hall–Kier alpha value is -3.80. The first-order valence-corrected chi connectivity index (χ1v) is 12.1. The molecule has 2 aromatic rings. The monoisotopic (exact) mass is 519 g/mol. The zero-order valence-corrected chi connectivity index (χ0v) is 20.3. The van der Waals surface area contributed by atoms with Gasteiger partial charge in [0.15, 0.2) is 5.78 Å². The number of aromatic nitrogens is 1. The maximum Gasteiger partial charge on any atom is 0.307 e. The largest absolute Gasteiger partial charge is 0.481 e. The number of carboxylic acid groups (broad SMARTS) is 1. The van der Waals surface area contributed by atoms with Gasteiger partial charge >= 0.3 is 11.9 Å². The molecule has 2 rings (SSSR count). The highest BCUT2D eigenvalue weighted by molar-refractivity contribution is 7.99. The van der Waals surface area contributed by atoms with Crippen LogP contribution in [0.15, 0.2) is 42.7 Å². The van der Waals surface area contributed by atoms with Gasteiger partial charge in [0.2, 0.25) is 0 Å². The lowest BCUT2D eigenvalue weighted by Crippen LogP contribution is -2.43. The standard InChI is InChI=1S/C24H26FN3O7S/c1-2-35-22(32)7-8-27-23(33)16-9-17(12-26-11-16)24(34)28-19(10-21(30)31)20(29)14-36-13-15-3-5-18(25)6-4-15/h3-6,9,11-12,19H,2,7-8,10,13-14H2,1H3,(H,27,33)(H,28,34)(H,30,31)/t19-/m0/s1. The van der Waals surface area contributed by atoms with E-state index in [1.807, 2.05) is 0 Å². The van der Waals surface area contributed by atoms with Crippen molar-refractivity contribution in [1.82, 2.24) is 15.6 Å². The Morgan fingerprint density at radius 2 is 1.75 bits per heavy atom. The van der Waals surface area contributed by atoms with Gasteiger partial charge < -0.3 is 20.5 Å². The van der Waals surface area contributed by atoms with E-state index in [-0.39, 0.29) is 42.3 Å². The minimum absolute atomic E-state index is 0.0225. The number of nitrogens with one attached hydrogen (secondary N) is 2. The van der Waals surface area contributed by atoms with Crippen molar-refractivity contribution in [1.29, 1.82) is 0 Å². The summed E-state index contributed by atoms with van der Waals surface area (Å²) in [6.07, 6.45) is 1.76. The second-order valence-electron chi connectivity index (χ2n) is 7.48. The van der Waals surface area contributed by atoms with E-state index in [0.29, 0.717) is 5.75 Å². The van der Waals surface area contributed by atoms with Crippen molar-refractivity contribution in [3.63, 3.8) is 0 Å². The van der Waals surface area contributed by atoms with Gasteiger partial charge in [-0.1, -0.05) is 12.1 Å². The highest BCUT2D eigenvalue weighted by atomic mass is 32.2. The molecule has 2 amide bonds. The molecule has 0 fully saturated rings. The van der Waals surface area contributed by atoms with E-state index in [0.717, 1.165) is 5.56 Å². The number of thioether (sulfide) groups is 1. The Kier molecular flexibility index (Phi) is 11.5. The van der Waals surface area contributed by atoms with Crippen LogP contribution in [0.25, 0.3) is 0 Å². The first-order chi connectivity index (χ1) is 17.2. The molecule has 0 aliphatic rings. The fourth-order valence-corrected chi connectivity index (χ4v) is 3.85. The van der Waals surface area contributed by atoms with Crippen molar-refractivity contribution in [2.75, 3.05) is 18.9 Å². The molecular formula is C24H26FN3O7S. The van der Waals surface area contributed by atoms with Crippen LogP contribution >= 0.6 is 11.8 Å². The summed E-state index contributed by atoms with van der Waals surface area (Å²) < 4.78 is 17.8. The lowest BCUT2D eigenvalue weighted by Gasteiger charge is -2.16. The lowest BCUT2D eigenvalue weighted by atomic mass is 10.1. The molecule has 0 radical (unpaired) electrons. The molecule has 1 aromatic carbocycles. The number of pyridine rings is 1. The SMILES string of the molecule is CCOC(=O)CCNC(=O)c1cncc(C(=O)N[C@@H](CC(=O)O)C(=O)CSCc2ccc(F)cc2)c1. The van der Waals surface area contributed by atoms with E-state index in [1.165, 1.54) is 42.4 Å². The lowest BCUT2D eigenvalue weighted by molar-refractivity contribution is -0.143. The van der Waals surface area contributed by atoms with Gasteiger partial charge in [-0.3, -0.25) is 29.0 Å². The van der Waals surface area contributed by atoms with Crippen LogP contribution in [0.2, 0.25) is 0 Å². The molecule has 1 aromatic heterocycles. The quantitative estimate of drug-likeness (QED) is 0.318. The predicted molar refractivity (Wildman–Crippen MR) is 129 cm³/mol. The normalized spacial score (nSPS) is 11.3. The first-order valence-electron chi connectivity index (χ1n) is 11.0. The van der Waals surface area contributed by atoms with Crippen molar-refractivity contribution >= 4 is 41.3 Å². The molecule has 0 spiro atoms. The first kappa shape index (κ1) is 28.4. The number of rotatable bonds is 14. The number of esters is 1. The molecule has 0 aliphatic heterocycles. The van der Waals surface area contributed by atoms with Gasteiger partial charge in [0, 0.05) is 24.7 Å². The molecular weight excluding hydrogens is 493 g/mol. The summed E-state index contributed by atoms with van der Waals surface area (Å²) in [6.45, 7) is 1.92. The van der Waals surface area contributed by atoms with Gasteiger partial charge in [-0.05, 0) is 30.7 Å². The molecule has 12 heteroatoms. The van der Waals surface area contributed by atoms with Crippen molar-refractivity contribution in [2.45, 2.75) is 31.6 Å². The number of benzene rings is 1. The van der Waals surface area contributed by atoms with Gasteiger partial charge in [-0.25, -0.2) is 4.39 Å². The molecule has 0 bridgehead atoms. The molecule has 3 N–H and O–H groups in total. The van der Waals surface area contributed by atoms with E-state index in [1.54, 1.807) is 19.1 Å². The van der Waals surface area contributed by atoms with Crippen LogP contribution in [0.4, 0.5) is 4.39 Å². The zero-order chi connectivity index (χ0) is 26.5. The van der Waals surface area contributed by atoms with Gasteiger partial charge in [-0.2, -0.15) is 0 Å². The minimum Gasteiger partial charge on any atom is -0.481 e. The summed E-state index contributed by atoms with van der Waals surface area (Å²) >= 11 is 1.20. The van der Waals surface area contributed by atoms with Crippen LogP contribution < -0.4 is 10.6 Å². The summed E-state index contributed by atoms with van der Waals surface area (Å²) in [5.41, 5.74) is 0.786. The number of aliphatic carboxylic acids is 1. The van der Waals surface area contributed by atoms with Crippen molar-refractivity contribution in [2.24, 2.45) is 0 Å². The average Bonchev–Trinajstić information content (AvgIpc) is 2.84. The zero-order valence-electron chi connectivity index (χ0n) is 19.5. The fourth-order valence-electron chi connectivity index (χ4n) is 2.91. The number of ketones is 1. The van der Waals surface area contributed by atoms with E-state index < -0.39 is 42.0 Å². The van der Waals surface area contributed by atoms with Crippen molar-refractivity contribution in [3.8, 4) is 0 Å². The third-order valence-corrected chi connectivity index (χ3v) is 5.71. The van der Waals surface area contributed by atoms with Crippen LogP contribution in [-0.4, -0.2) is 64.6 Å². The topological polar surface area (TPSA) is 152 Å². The number of nitrogens with zero attached hydrogens (tertiary/aromatic N) is 1. The smallest absolute Gasteiger partial charge is 0.307 e. The Balaban J connectivity index is 1.96. The maximum absolute atomic E-state index is 13.0. The Bertz CT molecular complexity index is 1100. The summed E-state index contributed by atoms with van der Waals surface area (Å²) in [5, 5.41) is 14.1. The summed E-state index contributed by atoms with van der Waals surface area (Å²) in [4.78, 5) is 64.1. The Morgan fingerprint density at radius 1 is 1.08 bits per heavy atom.